The van der Waals surface area contributed by atoms with Crippen LogP contribution in [0.1, 0.15) is 18.1 Å². The third-order valence-corrected chi connectivity index (χ3v) is 6.68. The van der Waals surface area contributed by atoms with Gasteiger partial charge in [-0.3, -0.25) is 14.7 Å². The number of hydrogen-bond acceptors (Lipinski definition) is 6. The summed E-state index contributed by atoms with van der Waals surface area (Å²) in [7, 11) is 0. The summed E-state index contributed by atoms with van der Waals surface area (Å²) < 4.78 is 61.7. The zero-order chi connectivity index (χ0) is 25.9. The van der Waals surface area contributed by atoms with E-state index >= 15 is 4.39 Å². The Balaban J connectivity index is 1.56. The van der Waals surface area contributed by atoms with Crippen LogP contribution in [0, 0.1) is 5.82 Å². The van der Waals surface area contributed by atoms with Crippen molar-refractivity contribution in [1.29, 1.82) is 0 Å². The van der Waals surface area contributed by atoms with Crippen LogP contribution >= 0.6 is 11.8 Å². The van der Waals surface area contributed by atoms with Crippen LogP contribution in [0.3, 0.4) is 0 Å². The molecule has 2 aromatic carbocycles. The van der Waals surface area contributed by atoms with E-state index in [2.05, 4.69) is 10.4 Å². The maximum atomic E-state index is 15.0. The number of hydrazone groups is 1. The van der Waals surface area contributed by atoms with Gasteiger partial charge >= 0.3 is 12.3 Å². The molecule has 2 aliphatic rings. The number of amides is 2. The van der Waals surface area contributed by atoms with E-state index in [4.69, 9.17) is 4.74 Å². The van der Waals surface area contributed by atoms with Crippen molar-refractivity contribution in [2.75, 3.05) is 42.6 Å². The summed E-state index contributed by atoms with van der Waals surface area (Å²) in [6, 6.07) is 7.44. The quantitative estimate of drug-likeness (QED) is 0.449. The number of cyclic esters (lactones) is 1. The summed E-state index contributed by atoms with van der Waals surface area (Å²) >= 11 is 1.77. The number of rotatable bonds is 6. The number of carbonyl (C=O) groups is 2. The SMILES string of the molecule is CC(=O)NC[C@H]1CN(c2ccc(-c3ccc(/C=N/N4CCSCC4)c(C(F)(F)F)c3)c(F)c2)C(=O)O1. The lowest BCUT2D eigenvalue weighted by molar-refractivity contribution is -0.137. The summed E-state index contributed by atoms with van der Waals surface area (Å²) in [6.07, 6.45) is -4.77. The highest BCUT2D eigenvalue weighted by Gasteiger charge is 2.34. The predicted molar refractivity (Wildman–Crippen MR) is 130 cm³/mol. The Bertz CT molecular complexity index is 1170. The smallest absolute Gasteiger partial charge is 0.417 e. The lowest BCUT2D eigenvalue weighted by atomic mass is 9.98. The summed E-state index contributed by atoms with van der Waals surface area (Å²) in [4.78, 5) is 24.5. The van der Waals surface area contributed by atoms with Gasteiger partial charge in [0.1, 0.15) is 11.9 Å². The molecule has 0 bridgehead atoms. The minimum atomic E-state index is -4.66. The minimum Gasteiger partial charge on any atom is -0.442 e. The van der Waals surface area contributed by atoms with Gasteiger partial charge in [-0.2, -0.15) is 30.0 Å². The highest BCUT2D eigenvalue weighted by atomic mass is 32.2. The molecule has 36 heavy (non-hydrogen) atoms. The Morgan fingerprint density at radius 3 is 2.64 bits per heavy atom. The van der Waals surface area contributed by atoms with Gasteiger partial charge in [0.05, 0.1) is 30.6 Å². The zero-order valence-corrected chi connectivity index (χ0v) is 20.2. The molecule has 2 fully saturated rings. The van der Waals surface area contributed by atoms with Gasteiger partial charge in [0.15, 0.2) is 0 Å². The molecule has 7 nitrogen and oxygen atoms in total. The molecule has 4 rings (SSSR count). The molecule has 0 aromatic heterocycles. The van der Waals surface area contributed by atoms with Gasteiger partial charge in [-0.05, 0) is 29.8 Å². The van der Waals surface area contributed by atoms with Crippen LogP contribution in [0.4, 0.5) is 28.0 Å². The Morgan fingerprint density at radius 1 is 1.22 bits per heavy atom. The molecule has 2 aromatic rings. The predicted octanol–water partition coefficient (Wildman–Crippen LogP) is 4.36. The summed E-state index contributed by atoms with van der Waals surface area (Å²) in [5.74, 6) is 0.665. The molecule has 0 radical (unpaired) electrons. The largest absolute Gasteiger partial charge is 0.442 e. The lowest BCUT2D eigenvalue weighted by Crippen LogP contribution is -2.33. The van der Waals surface area contributed by atoms with Crippen molar-refractivity contribution in [2.45, 2.75) is 19.2 Å². The third-order valence-electron chi connectivity index (χ3n) is 5.73. The zero-order valence-electron chi connectivity index (χ0n) is 19.3. The number of nitrogens with one attached hydrogen (secondary N) is 1. The molecule has 2 aliphatic heterocycles. The van der Waals surface area contributed by atoms with E-state index in [1.54, 1.807) is 16.8 Å². The van der Waals surface area contributed by atoms with Crippen molar-refractivity contribution in [3.63, 3.8) is 0 Å². The van der Waals surface area contributed by atoms with E-state index in [1.165, 1.54) is 42.3 Å². The van der Waals surface area contributed by atoms with Crippen LogP contribution in [0.5, 0.6) is 0 Å². The van der Waals surface area contributed by atoms with Crippen molar-refractivity contribution >= 4 is 35.7 Å². The van der Waals surface area contributed by atoms with E-state index in [0.717, 1.165) is 23.6 Å². The first-order chi connectivity index (χ1) is 17.1. The molecule has 0 spiro atoms. The molecular weight excluding hydrogens is 500 g/mol. The van der Waals surface area contributed by atoms with Crippen molar-refractivity contribution in [3.8, 4) is 11.1 Å². The Labute approximate surface area is 209 Å². The Kier molecular flexibility index (Phi) is 7.72. The molecule has 2 saturated heterocycles. The topological polar surface area (TPSA) is 74.2 Å². The van der Waals surface area contributed by atoms with Crippen LogP contribution in [0.15, 0.2) is 41.5 Å². The number of ether oxygens (including phenoxy) is 1. The highest BCUT2D eigenvalue weighted by Crippen LogP contribution is 2.36. The van der Waals surface area contributed by atoms with Gasteiger partial charge in [-0.25, -0.2) is 9.18 Å². The lowest BCUT2D eigenvalue weighted by Gasteiger charge is -2.23. The van der Waals surface area contributed by atoms with Gasteiger partial charge in [-0.1, -0.05) is 12.1 Å². The second-order valence-electron chi connectivity index (χ2n) is 8.33. The van der Waals surface area contributed by atoms with Crippen LogP contribution in [0.2, 0.25) is 0 Å². The van der Waals surface area contributed by atoms with E-state index < -0.39 is 29.8 Å². The molecule has 12 heteroatoms. The normalized spacial score (nSPS) is 18.6. The van der Waals surface area contributed by atoms with Gasteiger partial charge in [0.2, 0.25) is 5.91 Å². The molecule has 2 heterocycles. The average Bonchev–Trinajstić information content (AvgIpc) is 3.22. The molecule has 0 unspecified atom stereocenters. The number of benzene rings is 2. The summed E-state index contributed by atoms with van der Waals surface area (Å²) in [6.45, 7) is 2.87. The van der Waals surface area contributed by atoms with Crippen molar-refractivity contribution in [2.24, 2.45) is 5.10 Å². The number of hydrogen-bond donors (Lipinski definition) is 1. The molecular formula is C24H24F4N4O3S. The maximum Gasteiger partial charge on any atom is 0.417 e. The molecule has 1 atom stereocenters. The van der Waals surface area contributed by atoms with E-state index in [1.807, 2.05) is 0 Å². The van der Waals surface area contributed by atoms with E-state index in [-0.39, 0.29) is 41.4 Å². The minimum absolute atomic E-state index is 0.0387. The maximum absolute atomic E-state index is 15.0. The van der Waals surface area contributed by atoms with Crippen LogP contribution in [-0.4, -0.2) is 67.0 Å². The van der Waals surface area contributed by atoms with Crippen molar-refractivity contribution in [1.82, 2.24) is 10.3 Å². The van der Waals surface area contributed by atoms with Crippen LogP contribution in [-0.2, 0) is 15.7 Å². The average molecular weight is 525 g/mol. The fraction of sp³-hybridized carbons (Fsp3) is 0.375. The van der Waals surface area contributed by atoms with E-state index in [0.29, 0.717) is 13.1 Å². The van der Waals surface area contributed by atoms with Gasteiger partial charge in [0.25, 0.3) is 0 Å². The Hall–Kier alpha value is -3.28. The third kappa shape index (κ3) is 6.10. The van der Waals surface area contributed by atoms with Crippen LogP contribution < -0.4 is 10.2 Å². The number of halogens is 4. The van der Waals surface area contributed by atoms with Crippen molar-refractivity contribution in [3.05, 3.63) is 53.3 Å². The van der Waals surface area contributed by atoms with Gasteiger partial charge in [0, 0.05) is 42.6 Å². The standard InChI is InChI=1S/C24H24F4N4O3S/c1-15(33)29-13-19-14-32(23(34)35-19)18-4-5-20(22(25)11-18)16-2-3-17(21(10-16)24(26,27)28)12-30-31-6-8-36-9-7-31/h2-5,10-12,19H,6-9,13-14H2,1H3,(H,29,33)/b30-12+/t19-/m0/s1. The molecule has 192 valence electrons. The second kappa shape index (κ2) is 10.8. The van der Waals surface area contributed by atoms with Gasteiger partial charge < -0.3 is 10.1 Å². The van der Waals surface area contributed by atoms with Gasteiger partial charge in [-0.15, -0.1) is 0 Å². The first-order valence-corrected chi connectivity index (χ1v) is 12.4. The fourth-order valence-corrected chi connectivity index (χ4v) is 4.78. The number of carbonyl (C=O) groups excluding carboxylic acids is 2. The number of anilines is 1. The molecule has 0 aliphatic carbocycles. The number of nitrogens with zero attached hydrogens (tertiary/aromatic N) is 3. The first-order valence-electron chi connectivity index (χ1n) is 11.2. The second-order valence-corrected chi connectivity index (χ2v) is 9.55. The summed E-state index contributed by atoms with van der Waals surface area (Å²) in [5.41, 5.74) is -0.811. The molecule has 1 N–H and O–H groups in total. The van der Waals surface area contributed by atoms with Crippen LogP contribution in [0.25, 0.3) is 11.1 Å². The van der Waals surface area contributed by atoms with Crippen molar-refractivity contribution < 1.29 is 31.9 Å². The molecule has 2 amide bonds. The summed E-state index contributed by atoms with van der Waals surface area (Å²) in [5, 5.41) is 8.47. The Morgan fingerprint density at radius 2 is 1.97 bits per heavy atom. The molecule has 0 saturated carbocycles. The number of alkyl halides is 3. The highest BCUT2D eigenvalue weighted by molar-refractivity contribution is 7.99. The fourth-order valence-electron chi connectivity index (χ4n) is 3.90. The monoisotopic (exact) mass is 524 g/mol. The first kappa shape index (κ1) is 25.8. The number of thioether (sulfide) groups is 1. The van der Waals surface area contributed by atoms with E-state index in [9.17, 15) is 22.8 Å².